The van der Waals surface area contributed by atoms with Crippen LogP contribution in [0.5, 0.6) is 0 Å². The number of nitriles is 1. The molecule has 0 spiro atoms. The second kappa shape index (κ2) is 5.72. The highest BCUT2D eigenvalue weighted by atomic mass is 15.0. The van der Waals surface area contributed by atoms with Gasteiger partial charge in [-0.2, -0.15) is 5.26 Å². The lowest BCUT2D eigenvalue weighted by Crippen LogP contribution is -2.26. The second-order valence-electron chi connectivity index (χ2n) is 5.05. The average molecular weight is 244 g/mol. The summed E-state index contributed by atoms with van der Waals surface area (Å²) >= 11 is 0. The van der Waals surface area contributed by atoms with Crippen molar-refractivity contribution >= 4 is 11.5 Å². The van der Waals surface area contributed by atoms with E-state index in [0.29, 0.717) is 23.1 Å². The van der Waals surface area contributed by atoms with Gasteiger partial charge in [-0.1, -0.05) is 13.3 Å². The van der Waals surface area contributed by atoms with Crippen LogP contribution in [-0.4, -0.2) is 11.0 Å². The largest absolute Gasteiger partial charge is 0.397 e. The van der Waals surface area contributed by atoms with Crippen LogP contribution in [0.4, 0.5) is 11.5 Å². The minimum absolute atomic E-state index is 0.441. The molecule has 0 unspecified atom stereocenters. The molecule has 1 aromatic rings. The van der Waals surface area contributed by atoms with Crippen LogP contribution in [-0.2, 0) is 0 Å². The molecule has 96 valence electrons. The van der Waals surface area contributed by atoms with Crippen LogP contribution >= 0.6 is 0 Å². The summed E-state index contributed by atoms with van der Waals surface area (Å²) in [5.74, 6) is 1.55. The smallest absolute Gasteiger partial charge is 0.144 e. The summed E-state index contributed by atoms with van der Waals surface area (Å²) < 4.78 is 0. The molecule has 2 rings (SSSR count). The number of hydrogen-bond acceptors (Lipinski definition) is 4. The van der Waals surface area contributed by atoms with Gasteiger partial charge in [-0.05, 0) is 37.7 Å². The summed E-state index contributed by atoms with van der Waals surface area (Å²) in [5.41, 5.74) is 6.70. The first-order chi connectivity index (χ1) is 8.72. The number of nitrogen functional groups attached to an aromatic ring is 1. The molecule has 1 fully saturated rings. The van der Waals surface area contributed by atoms with E-state index in [1.165, 1.54) is 19.3 Å². The fourth-order valence-corrected chi connectivity index (χ4v) is 2.59. The van der Waals surface area contributed by atoms with Crippen molar-refractivity contribution in [3.63, 3.8) is 0 Å². The highest BCUT2D eigenvalue weighted by Gasteiger charge is 2.20. The molecule has 0 aromatic carbocycles. The Kier molecular flexibility index (Phi) is 4.03. The first-order valence-electron chi connectivity index (χ1n) is 6.65. The maximum Gasteiger partial charge on any atom is 0.144 e. The van der Waals surface area contributed by atoms with Crippen molar-refractivity contribution < 1.29 is 0 Å². The topological polar surface area (TPSA) is 74.7 Å². The van der Waals surface area contributed by atoms with E-state index in [2.05, 4.69) is 23.3 Å². The number of aromatic nitrogens is 1. The van der Waals surface area contributed by atoms with Crippen LogP contribution in [0.2, 0.25) is 0 Å². The number of hydrogen-bond donors (Lipinski definition) is 2. The number of nitrogens with one attached hydrogen (secondary N) is 1. The van der Waals surface area contributed by atoms with Gasteiger partial charge in [0.1, 0.15) is 11.9 Å². The third-order valence-corrected chi connectivity index (χ3v) is 3.79. The maximum atomic E-state index is 9.07. The second-order valence-corrected chi connectivity index (χ2v) is 5.05. The molecule has 1 aliphatic rings. The predicted molar refractivity (Wildman–Crippen MR) is 73.0 cm³/mol. The van der Waals surface area contributed by atoms with Crippen LogP contribution in [0.25, 0.3) is 0 Å². The number of rotatable bonds is 3. The van der Waals surface area contributed by atoms with Gasteiger partial charge in [-0.3, -0.25) is 0 Å². The van der Waals surface area contributed by atoms with E-state index in [0.717, 1.165) is 18.8 Å². The molecule has 18 heavy (non-hydrogen) atoms. The van der Waals surface area contributed by atoms with Gasteiger partial charge in [0, 0.05) is 6.04 Å². The molecule has 4 heteroatoms. The molecule has 1 aromatic heterocycles. The summed E-state index contributed by atoms with van der Waals surface area (Å²) in [6.45, 7) is 2.26. The first kappa shape index (κ1) is 12.7. The Morgan fingerprint density at radius 3 is 2.78 bits per heavy atom. The van der Waals surface area contributed by atoms with Crippen molar-refractivity contribution in [1.29, 1.82) is 5.26 Å². The Morgan fingerprint density at radius 1 is 1.44 bits per heavy atom. The van der Waals surface area contributed by atoms with Crippen LogP contribution < -0.4 is 11.1 Å². The van der Waals surface area contributed by atoms with Crippen molar-refractivity contribution in [2.24, 2.45) is 5.92 Å². The fourth-order valence-electron chi connectivity index (χ4n) is 2.59. The van der Waals surface area contributed by atoms with Crippen molar-refractivity contribution in [2.45, 2.75) is 45.1 Å². The van der Waals surface area contributed by atoms with Crippen LogP contribution in [0, 0.1) is 17.2 Å². The monoisotopic (exact) mass is 244 g/mol. The molecule has 0 radical (unpaired) electrons. The Labute approximate surface area is 108 Å². The lowest BCUT2D eigenvalue weighted by Gasteiger charge is -2.29. The zero-order valence-electron chi connectivity index (χ0n) is 10.8. The van der Waals surface area contributed by atoms with Gasteiger partial charge in [0.25, 0.3) is 0 Å². The first-order valence-corrected chi connectivity index (χ1v) is 6.65. The molecular formula is C14H20N4. The zero-order chi connectivity index (χ0) is 13.0. The van der Waals surface area contributed by atoms with E-state index in [9.17, 15) is 0 Å². The molecule has 0 bridgehead atoms. The molecule has 1 aliphatic carbocycles. The summed E-state index contributed by atoms with van der Waals surface area (Å²) in [6, 6.07) is 4.26. The summed E-state index contributed by atoms with van der Waals surface area (Å²) in [7, 11) is 0. The van der Waals surface area contributed by atoms with E-state index >= 15 is 0 Å². The van der Waals surface area contributed by atoms with Gasteiger partial charge in [0.2, 0.25) is 0 Å². The van der Waals surface area contributed by atoms with E-state index < -0.39 is 0 Å². The number of pyridine rings is 1. The summed E-state index contributed by atoms with van der Waals surface area (Å²) in [6.07, 6.45) is 7.73. The molecule has 0 aliphatic heterocycles. The minimum atomic E-state index is 0.441. The van der Waals surface area contributed by atoms with Gasteiger partial charge >= 0.3 is 0 Å². The molecule has 0 saturated heterocycles. The lowest BCUT2D eigenvalue weighted by molar-refractivity contribution is 0.330. The van der Waals surface area contributed by atoms with Gasteiger partial charge in [-0.25, -0.2) is 4.98 Å². The van der Waals surface area contributed by atoms with E-state index in [1.54, 1.807) is 12.3 Å². The van der Waals surface area contributed by atoms with E-state index in [4.69, 9.17) is 11.0 Å². The number of nitrogens with two attached hydrogens (primary N) is 1. The molecular weight excluding hydrogens is 224 g/mol. The lowest BCUT2D eigenvalue weighted by atomic mass is 9.84. The molecule has 1 heterocycles. The van der Waals surface area contributed by atoms with Gasteiger partial charge in [-0.15, -0.1) is 0 Å². The highest BCUT2D eigenvalue weighted by Crippen LogP contribution is 2.28. The van der Waals surface area contributed by atoms with Crippen molar-refractivity contribution in [3.8, 4) is 6.07 Å². The van der Waals surface area contributed by atoms with Crippen LogP contribution in [0.1, 0.15) is 44.6 Å². The molecule has 3 N–H and O–H groups in total. The Hall–Kier alpha value is -1.76. The third-order valence-electron chi connectivity index (χ3n) is 3.79. The van der Waals surface area contributed by atoms with Crippen molar-refractivity contribution in [2.75, 3.05) is 11.1 Å². The van der Waals surface area contributed by atoms with E-state index in [-0.39, 0.29) is 0 Å². The summed E-state index contributed by atoms with van der Waals surface area (Å²) in [4.78, 5) is 4.22. The van der Waals surface area contributed by atoms with Gasteiger partial charge < -0.3 is 11.1 Å². The van der Waals surface area contributed by atoms with Crippen LogP contribution in [0.3, 0.4) is 0 Å². The highest BCUT2D eigenvalue weighted by molar-refractivity contribution is 5.57. The Morgan fingerprint density at radius 2 is 2.17 bits per heavy atom. The van der Waals surface area contributed by atoms with E-state index in [1.807, 2.05) is 0 Å². The predicted octanol–water partition coefficient (Wildman–Crippen LogP) is 2.92. The van der Waals surface area contributed by atoms with Crippen molar-refractivity contribution in [3.05, 3.63) is 17.8 Å². The fraction of sp³-hybridized carbons (Fsp3) is 0.571. The Balaban J connectivity index is 2.00. The molecule has 0 amide bonds. The third kappa shape index (κ3) is 2.92. The number of anilines is 2. The molecule has 0 atom stereocenters. The quantitative estimate of drug-likeness (QED) is 0.857. The van der Waals surface area contributed by atoms with Gasteiger partial charge in [0.15, 0.2) is 0 Å². The zero-order valence-corrected chi connectivity index (χ0v) is 10.8. The van der Waals surface area contributed by atoms with Crippen LogP contribution in [0.15, 0.2) is 12.3 Å². The molecule has 1 saturated carbocycles. The van der Waals surface area contributed by atoms with Crippen molar-refractivity contribution in [1.82, 2.24) is 4.98 Å². The van der Waals surface area contributed by atoms with Gasteiger partial charge in [0.05, 0.1) is 17.4 Å². The minimum Gasteiger partial charge on any atom is -0.397 e. The Bertz CT molecular complexity index is 442. The maximum absolute atomic E-state index is 9.07. The SMILES string of the molecule is CCC1CCC(Nc2ncc(N)cc2C#N)CC1. The summed E-state index contributed by atoms with van der Waals surface area (Å²) in [5, 5.41) is 12.4. The normalized spacial score (nSPS) is 23.3. The molecule has 4 nitrogen and oxygen atoms in total. The standard InChI is InChI=1S/C14H20N4/c1-2-10-3-5-13(6-4-10)18-14-11(8-15)7-12(16)9-17-14/h7,9-10,13H,2-6,16H2,1H3,(H,17,18). The average Bonchev–Trinajstić information content (AvgIpc) is 2.41. The number of nitrogens with zero attached hydrogens (tertiary/aromatic N) is 2.